The summed E-state index contributed by atoms with van der Waals surface area (Å²) in [5, 5.41) is 3.43. The minimum atomic E-state index is 0.505. The second kappa shape index (κ2) is 6.57. The molecule has 3 rings (SSSR count). The molecule has 1 heterocycles. The van der Waals surface area contributed by atoms with Crippen LogP contribution in [0.2, 0.25) is 0 Å². The largest absolute Gasteiger partial charge is 0.462 e. The average Bonchev–Trinajstić information content (AvgIpc) is 3.18. The molecule has 1 fully saturated rings. The van der Waals surface area contributed by atoms with Crippen molar-refractivity contribution in [3.05, 3.63) is 58.0 Å². The van der Waals surface area contributed by atoms with E-state index >= 15 is 0 Å². The molecule has 0 atom stereocenters. The third-order valence-electron chi connectivity index (χ3n) is 3.32. The molecular formula is C16H18BrNO2. The van der Waals surface area contributed by atoms with E-state index < -0.39 is 0 Å². The van der Waals surface area contributed by atoms with Gasteiger partial charge in [-0.15, -0.1) is 0 Å². The smallest absolute Gasteiger partial charge is 0.129 e. The fraction of sp³-hybridized carbons (Fsp3) is 0.375. The molecule has 1 N–H and O–H groups in total. The molecule has 0 saturated heterocycles. The summed E-state index contributed by atoms with van der Waals surface area (Å²) in [6, 6.07) is 12.8. The van der Waals surface area contributed by atoms with E-state index in [9.17, 15) is 0 Å². The number of halogens is 1. The monoisotopic (exact) mass is 335 g/mol. The third kappa shape index (κ3) is 3.95. The van der Waals surface area contributed by atoms with Gasteiger partial charge in [0.2, 0.25) is 0 Å². The van der Waals surface area contributed by atoms with E-state index in [1.54, 1.807) is 0 Å². The lowest BCUT2D eigenvalue weighted by Crippen LogP contribution is -2.14. The van der Waals surface area contributed by atoms with Crippen LogP contribution in [0.15, 0.2) is 45.3 Å². The Morgan fingerprint density at radius 3 is 2.70 bits per heavy atom. The van der Waals surface area contributed by atoms with Gasteiger partial charge in [-0.05, 0) is 36.6 Å². The summed E-state index contributed by atoms with van der Waals surface area (Å²) in [4.78, 5) is 0. The van der Waals surface area contributed by atoms with Crippen LogP contribution >= 0.6 is 15.9 Å². The van der Waals surface area contributed by atoms with Crippen LogP contribution in [0, 0.1) is 0 Å². The fourth-order valence-electron chi connectivity index (χ4n) is 2.00. The molecule has 0 radical (unpaired) electrons. The van der Waals surface area contributed by atoms with Crippen LogP contribution in [-0.4, -0.2) is 6.04 Å². The van der Waals surface area contributed by atoms with Crippen LogP contribution in [0.25, 0.3) is 0 Å². The normalized spacial score (nSPS) is 14.7. The van der Waals surface area contributed by atoms with Crippen LogP contribution in [0.5, 0.6) is 0 Å². The molecule has 2 aromatic rings. The minimum Gasteiger partial charge on any atom is -0.462 e. The number of hydrogen-bond donors (Lipinski definition) is 1. The average molecular weight is 336 g/mol. The van der Waals surface area contributed by atoms with Gasteiger partial charge in [0.15, 0.2) is 0 Å². The molecular weight excluding hydrogens is 318 g/mol. The Morgan fingerprint density at radius 2 is 1.90 bits per heavy atom. The summed E-state index contributed by atoms with van der Waals surface area (Å²) < 4.78 is 12.5. The van der Waals surface area contributed by atoms with Gasteiger partial charge in [-0.2, -0.15) is 0 Å². The highest BCUT2D eigenvalue weighted by Gasteiger charge is 2.20. The molecule has 1 aromatic carbocycles. The Labute approximate surface area is 127 Å². The van der Waals surface area contributed by atoms with E-state index in [2.05, 4.69) is 27.3 Å². The SMILES string of the molecule is Brc1ccccc1COCc1ccc(CNC2CC2)o1. The first-order chi connectivity index (χ1) is 9.81. The molecule has 0 bridgehead atoms. The van der Waals surface area contributed by atoms with Crippen molar-refractivity contribution in [3.63, 3.8) is 0 Å². The number of rotatable bonds is 7. The lowest BCUT2D eigenvalue weighted by molar-refractivity contribution is 0.0916. The van der Waals surface area contributed by atoms with Crippen molar-refractivity contribution in [1.82, 2.24) is 5.32 Å². The molecule has 4 heteroatoms. The Hall–Kier alpha value is -1.10. The van der Waals surface area contributed by atoms with Crippen molar-refractivity contribution in [2.24, 2.45) is 0 Å². The van der Waals surface area contributed by atoms with Crippen molar-refractivity contribution < 1.29 is 9.15 Å². The molecule has 0 amide bonds. The number of hydrogen-bond acceptors (Lipinski definition) is 3. The maximum Gasteiger partial charge on any atom is 0.129 e. The van der Waals surface area contributed by atoms with Gasteiger partial charge < -0.3 is 14.5 Å². The number of ether oxygens (including phenoxy) is 1. The zero-order valence-corrected chi connectivity index (χ0v) is 12.9. The Kier molecular flexibility index (Phi) is 4.55. The topological polar surface area (TPSA) is 34.4 Å². The molecule has 1 saturated carbocycles. The van der Waals surface area contributed by atoms with Gasteiger partial charge >= 0.3 is 0 Å². The second-order valence-electron chi connectivity index (χ2n) is 5.11. The molecule has 20 heavy (non-hydrogen) atoms. The van der Waals surface area contributed by atoms with Crippen LogP contribution < -0.4 is 5.32 Å². The fourth-order valence-corrected chi connectivity index (χ4v) is 2.40. The van der Waals surface area contributed by atoms with E-state index in [-0.39, 0.29) is 0 Å². The van der Waals surface area contributed by atoms with Crippen LogP contribution in [0.3, 0.4) is 0 Å². The van der Waals surface area contributed by atoms with Crippen LogP contribution in [0.4, 0.5) is 0 Å². The zero-order valence-electron chi connectivity index (χ0n) is 11.3. The van der Waals surface area contributed by atoms with Crippen LogP contribution in [0.1, 0.15) is 29.9 Å². The van der Waals surface area contributed by atoms with E-state index in [4.69, 9.17) is 9.15 Å². The molecule has 3 nitrogen and oxygen atoms in total. The van der Waals surface area contributed by atoms with Gasteiger partial charge in [0.05, 0.1) is 13.2 Å². The summed E-state index contributed by atoms with van der Waals surface area (Å²) in [5.41, 5.74) is 1.15. The number of benzene rings is 1. The van der Waals surface area contributed by atoms with Gasteiger partial charge in [-0.3, -0.25) is 0 Å². The predicted molar refractivity (Wildman–Crippen MR) is 81.2 cm³/mol. The summed E-state index contributed by atoms with van der Waals surface area (Å²) in [5.74, 6) is 1.86. The van der Waals surface area contributed by atoms with Crippen molar-refractivity contribution >= 4 is 15.9 Å². The quantitative estimate of drug-likeness (QED) is 0.830. The molecule has 106 valence electrons. The highest BCUT2D eigenvalue weighted by molar-refractivity contribution is 9.10. The van der Waals surface area contributed by atoms with Crippen molar-refractivity contribution in [2.45, 2.75) is 38.6 Å². The first-order valence-corrected chi connectivity index (χ1v) is 7.72. The lowest BCUT2D eigenvalue weighted by atomic mass is 10.2. The summed E-state index contributed by atoms with van der Waals surface area (Å²) in [7, 11) is 0. The van der Waals surface area contributed by atoms with Gasteiger partial charge in [0, 0.05) is 10.5 Å². The van der Waals surface area contributed by atoms with E-state index in [1.807, 2.05) is 30.3 Å². The maximum absolute atomic E-state index is 5.73. The Bertz CT molecular complexity index is 563. The second-order valence-corrected chi connectivity index (χ2v) is 5.96. The van der Waals surface area contributed by atoms with Crippen molar-refractivity contribution in [1.29, 1.82) is 0 Å². The molecule has 1 aromatic heterocycles. The molecule has 0 aliphatic heterocycles. The van der Waals surface area contributed by atoms with Crippen LogP contribution in [-0.2, 0) is 24.5 Å². The Balaban J connectivity index is 1.45. The first kappa shape index (κ1) is 13.9. The maximum atomic E-state index is 5.73. The zero-order chi connectivity index (χ0) is 13.8. The lowest BCUT2D eigenvalue weighted by Gasteiger charge is -2.04. The van der Waals surface area contributed by atoms with E-state index in [0.717, 1.165) is 28.1 Å². The first-order valence-electron chi connectivity index (χ1n) is 6.93. The predicted octanol–water partition coefficient (Wildman–Crippen LogP) is 4.01. The van der Waals surface area contributed by atoms with Gasteiger partial charge in [-0.25, -0.2) is 0 Å². The summed E-state index contributed by atoms with van der Waals surface area (Å²) >= 11 is 3.52. The Morgan fingerprint density at radius 1 is 1.10 bits per heavy atom. The summed E-state index contributed by atoms with van der Waals surface area (Å²) in [6.45, 7) is 1.90. The summed E-state index contributed by atoms with van der Waals surface area (Å²) in [6.07, 6.45) is 2.59. The van der Waals surface area contributed by atoms with Crippen molar-refractivity contribution in [2.75, 3.05) is 0 Å². The molecule has 0 unspecified atom stereocenters. The highest BCUT2D eigenvalue weighted by atomic mass is 79.9. The highest BCUT2D eigenvalue weighted by Crippen LogP contribution is 2.20. The van der Waals surface area contributed by atoms with Crippen molar-refractivity contribution in [3.8, 4) is 0 Å². The van der Waals surface area contributed by atoms with Gasteiger partial charge in [-0.1, -0.05) is 34.1 Å². The number of nitrogens with one attached hydrogen (secondary N) is 1. The third-order valence-corrected chi connectivity index (χ3v) is 4.09. The minimum absolute atomic E-state index is 0.505. The molecule has 0 spiro atoms. The standard InChI is InChI=1S/C16H18BrNO2/c17-16-4-2-1-3-12(16)10-19-11-15-8-7-14(20-15)9-18-13-5-6-13/h1-4,7-8,13,18H,5-6,9-11H2. The van der Waals surface area contributed by atoms with Gasteiger partial charge in [0.25, 0.3) is 0 Å². The molecule has 1 aliphatic rings. The van der Waals surface area contributed by atoms with Gasteiger partial charge in [0.1, 0.15) is 18.1 Å². The molecule has 1 aliphatic carbocycles. The van der Waals surface area contributed by atoms with E-state index in [1.165, 1.54) is 12.8 Å². The van der Waals surface area contributed by atoms with E-state index in [0.29, 0.717) is 19.3 Å². The number of furan rings is 1.